The number of β-amino-alcohol motifs (C(OH)–C–C–N with tert-alkyl or cyclic N) is 1. The number of piperazine rings is 1. The van der Waals surface area contributed by atoms with E-state index in [-0.39, 0.29) is 17.6 Å². The van der Waals surface area contributed by atoms with Crippen molar-refractivity contribution in [2.75, 3.05) is 44.6 Å². The number of nitrogens with one attached hydrogen (secondary N) is 1. The molecule has 1 fully saturated rings. The summed E-state index contributed by atoms with van der Waals surface area (Å²) >= 11 is 0. The van der Waals surface area contributed by atoms with E-state index in [1.807, 2.05) is 13.8 Å². The predicted octanol–water partition coefficient (Wildman–Crippen LogP) is 2.28. The monoisotopic (exact) mass is 434 g/mol. The van der Waals surface area contributed by atoms with Crippen LogP contribution in [0.2, 0.25) is 0 Å². The van der Waals surface area contributed by atoms with Crippen molar-refractivity contribution in [2.24, 2.45) is 0 Å². The van der Waals surface area contributed by atoms with Gasteiger partial charge in [0.1, 0.15) is 12.1 Å². The fourth-order valence-corrected chi connectivity index (χ4v) is 3.33. The van der Waals surface area contributed by atoms with E-state index in [0.717, 1.165) is 26.2 Å². The first-order valence-electron chi connectivity index (χ1n) is 10.6. The molecule has 0 spiro atoms. The molecule has 3 rings (SSSR count). The van der Waals surface area contributed by atoms with Crippen LogP contribution in [-0.2, 0) is 11.3 Å². The second-order valence-electron chi connectivity index (χ2n) is 8.16. The van der Waals surface area contributed by atoms with Gasteiger partial charge in [0.05, 0.1) is 25.4 Å². The van der Waals surface area contributed by atoms with E-state index >= 15 is 0 Å². The highest BCUT2D eigenvalue weighted by atomic mass is 19.1. The van der Waals surface area contributed by atoms with Gasteiger partial charge in [-0.25, -0.2) is 9.37 Å². The molecule has 1 aromatic carbocycles. The van der Waals surface area contributed by atoms with E-state index < -0.39 is 12.0 Å². The zero-order valence-corrected chi connectivity index (χ0v) is 18.3. The maximum atomic E-state index is 13.6. The number of oxazole rings is 1. The summed E-state index contributed by atoms with van der Waals surface area (Å²) < 4.78 is 24.6. The number of nitrogens with zero attached hydrogens (tertiary/aromatic N) is 3. The van der Waals surface area contributed by atoms with Crippen molar-refractivity contribution in [3.05, 3.63) is 47.4 Å². The Kier molecular flexibility index (Phi) is 8.14. The Morgan fingerprint density at radius 2 is 2.00 bits per heavy atom. The topological polar surface area (TPSA) is 91.1 Å². The van der Waals surface area contributed by atoms with Crippen molar-refractivity contribution < 1.29 is 23.4 Å². The molecule has 1 aromatic heterocycles. The fourth-order valence-electron chi connectivity index (χ4n) is 3.33. The SMILES string of the molecule is Cc1ccc(NC(=O)c2coc(CN3CCN(CC(O)COC(C)C)CC3)n2)cc1F. The van der Waals surface area contributed by atoms with Crippen molar-refractivity contribution in [3.8, 4) is 0 Å². The smallest absolute Gasteiger partial charge is 0.277 e. The number of aromatic nitrogens is 1. The maximum absolute atomic E-state index is 13.6. The zero-order valence-electron chi connectivity index (χ0n) is 18.3. The van der Waals surface area contributed by atoms with Crippen molar-refractivity contribution >= 4 is 11.6 Å². The van der Waals surface area contributed by atoms with Gasteiger partial charge in [-0.15, -0.1) is 0 Å². The molecule has 8 nitrogen and oxygen atoms in total. The van der Waals surface area contributed by atoms with Gasteiger partial charge in [0, 0.05) is 38.4 Å². The van der Waals surface area contributed by atoms with Crippen LogP contribution >= 0.6 is 0 Å². The normalized spacial score (nSPS) is 16.6. The molecule has 1 aliphatic rings. The van der Waals surface area contributed by atoms with Gasteiger partial charge in [0.15, 0.2) is 5.69 Å². The molecule has 9 heteroatoms. The van der Waals surface area contributed by atoms with Gasteiger partial charge in [-0.3, -0.25) is 14.6 Å². The zero-order chi connectivity index (χ0) is 22.4. The number of ether oxygens (including phenoxy) is 1. The highest BCUT2D eigenvalue weighted by Crippen LogP contribution is 2.15. The van der Waals surface area contributed by atoms with Crippen molar-refractivity contribution in [1.29, 1.82) is 0 Å². The van der Waals surface area contributed by atoms with E-state index in [2.05, 4.69) is 20.1 Å². The van der Waals surface area contributed by atoms with Crippen LogP contribution in [0.15, 0.2) is 28.9 Å². The fraction of sp³-hybridized carbons (Fsp3) is 0.545. The molecule has 0 saturated carbocycles. The van der Waals surface area contributed by atoms with Crippen molar-refractivity contribution in [1.82, 2.24) is 14.8 Å². The third-order valence-corrected chi connectivity index (χ3v) is 5.13. The van der Waals surface area contributed by atoms with Gasteiger partial charge >= 0.3 is 0 Å². The Labute approximate surface area is 182 Å². The van der Waals surface area contributed by atoms with Gasteiger partial charge < -0.3 is 19.6 Å². The Morgan fingerprint density at radius 3 is 2.68 bits per heavy atom. The van der Waals surface area contributed by atoms with Gasteiger partial charge in [-0.2, -0.15) is 0 Å². The molecule has 2 aromatic rings. The largest absolute Gasteiger partial charge is 0.447 e. The lowest BCUT2D eigenvalue weighted by atomic mass is 10.2. The Morgan fingerprint density at radius 1 is 1.29 bits per heavy atom. The summed E-state index contributed by atoms with van der Waals surface area (Å²) in [7, 11) is 0. The van der Waals surface area contributed by atoms with Gasteiger partial charge in [0.2, 0.25) is 5.89 Å². The number of hydrogen-bond donors (Lipinski definition) is 2. The second kappa shape index (κ2) is 10.8. The molecule has 0 radical (unpaired) electrons. The molecular formula is C22H31FN4O4. The van der Waals surface area contributed by atoms with E-state index in [0.29, 0.717) is 36.8 Å². The van der Waals surface area contributed by atoms with E-state index in [4.69, 9.17) is 9.15 Å². The number of aryl methyl sites for hydroxylation is 1. The third kappa shape index (κ3) is 7.10. The lowest BCUT2D eigenvalue weighted by molar-refractivity contribution is -0.0151. The summed E-state index contributed by atoms with van der Waals surface area (Å²) in [6.07, 6.45) is 0.928. The van der Waals surface area contributed by atoms with Crippen LogP contribution in [0.4, 0.5) is 10.1 Å². The molecule has 2 N–H and O–H groups in total. The Hall–Kier alpha value is -2.33. The summed E-state index contributed by atoms with van der Waals surface area (Å²) in [5.41, 5.74) is 1.04. The van der Waals surface area contributed by atoms with E-state index in [1.54, 1.807) is 19.1 Å². The molecular weight excluding hydrogens is 403 g/mol. The van der Waals surface area contributed by atoms with E-state index in [9.17, 15) is 14.3 Å². The number of benzene rings is 1. The summed E-state index contributed by atoms with van der Waals surface area (Å²) in [6, 6.07) is 4.53. The average molecular weight is 435 g/mol. The molecule has 1 amide bonds. The van der Waals surface area contributed by atoms with Crippen LogP contribution in [-0.4, -0.2) is 77.3 Å². The molecule has 1 unspecified atom stereocenters. The van der Waals surface area contributed by atoms with Gasteiger partial charge in [-0.1, -0.05) is 6.07 Å². The summed E-state index contributed by atoms with van der Waals surface area (Å²) in [4.78, 5) is 21.0. The molecule has 31 heavy (non-hydrogen) atoms. The predicted molar refractivity (Wildman–Crippen MR) is 114 cm³/mol. The minimum atomic E-state index is -0.497. The summed E-state index contributed by atoms with van der Waals surface area (Å²) in [5.74, 6) is -0.363. The number of anilines is 1. The first-order valence-corrected chi connectivity index (χ1v) is 10.6. The minimum Gasteiger partial charge on any atom is -0.447 e. The van der Waals surface area contributed by atoms with Gasteiger partial charge in [0.25, 0.3) is 5.91 Å². The lowest BCUT2D eigenvalue weighted by Gasteiger charge is -2.35. The maximum Gasteiger partial charge on any atom is 0.277 e. The third-order valence-electron chi connectivity index (χ3n) is 5.13. The molecule has 170 valence electrons. The number of amides is 1. The summed E-state index contributed by atoms with van der Waals surface area (Å²) in [5, 5.41) is 12.7. The van der Waals surface area contributed by atoms with Crippen LogP contribution in [0.1, 0.15) is 35.8 Å². The molecule has 0 aliphatic carbocycles. The minimum absolute atomic E-state index is 0.109. The molecule has 1 aliphatic heterocycles. The number of rotatable bonds is 9. The lowest BCUT2D eigenvalue weighted by Crippen LogP contribution is -2.48. The van der Waals surface area contributed by atoms with Crippen LogP contribution in [0.5, 0.6) is 0 Å². The van der Waals surface area contributed by atoms with Crippen LogP contribution < -0.4 is 5.32 Å². The highest BCUT2D eigenvalue weighted by molar-refractivity contribution is 6.02. The highest BCUT2D eigenvalue weighted by Gasteiger charge is 2.21. The van der Waals surface area contributed by atoms with Crippen molar-refractivity contribution in [3.63, 3.8) is 0 Å². The molecule has 2 heterocycles. The number of aliphatic hydroxyl groups is 1. The Balaban J connectivity index is 1.44. The number of halogens is 1. The van der Waals surface area contributed by atoms with Gasteiger partial charge in [-0.05, 0) is 38.5 Å². The van der Waals surface area contributed by atoms with Crippen LogP contribution in [0.3, 0.4) is 0 Å². The van der Waals surface area contributed by atoms with Crippen LogP contribution in [0, 0.1) is 12.7 Å². The first-order chi connectivity index (χ1) is 14.8. The van der Waals surface area contributed by atoms with Crippen LogP contribution in [0.25, 0.3) is 0 Å². The van der Waals surface area contributed by atoms with Crippen molar-refractivity contribution in [2.45, 2.75) is 39.5 Å². The molecule has 0 bridgehead atoms. The quantitative estimate of drug-likeness (QED) is 0.626. The molecule has 1 atom stereocenters. The standard InChI is InChI=1S/C22H31FN4O4/c1-15(2)30-13-18(28)11-26-6-8-27(9-7-26)12-21-25-20(14-31-21)22(29)24-17-5-4-16(3)19(23)10-17/h4-5,10,14-15,18,28H,6-9,11-13H2,1-3H3,(H,24,29). The number of aliphatic hydroxyl groups excluding tert-OH is 1. The number of carbonyl (C=O) groups excluding carboxylic acids is 1. The van der Waals surface area contributed by atoms with E-state index in [1.165, 1.54) is 12.3 Å². The average Bonchev–Trinajstić information content (AvgIpc) is 3.19. The Bertz CT molecular complexity index is 865. The number of carbonyl (C=O) groups is 1. The first kappa shape index (κ1) is 23.3. The molecule has 1 saturated heterocycles. The summed E-state index contributed by atoms with van der Waals surface area (Å²) in [6.45, 7) is 10.3. The number of hydrogen-bond acceptors (Lipinski definition) is 7. The second-order valence-corrected chi connectivity index (χ2v) is 8.16.